The monoisotopic (exact) mass is 269 g/mol. The fraction of sp³-hybridized carbons (Fsp3) is 0.286. The minimum absolute atomic E-state index is 0. The SMILES string of the molecule is COC(=O)c1oc(Br)cc1CN.Cl. The molecule has 74 valence electrons. The van der Waals surface area contributed by atoms with Gasteiger partial charge in [-0.2, -0.15) is 0 Å². The Morgan fingerprint density at radius 3 is 2.85 bits per heavy atom. The lowest BCUT2D eigenvalue weighted by Crippen LogP contribution is -2.05. The van der Waals surface area contributed by atoms with Crippen molar-refractivity contribution in [3.05, 3.63) is 22.1 Å². The maximum absolute atomic E-state index is 11.0. The van der Waals surface area contributed by atoms with E-state index < -0.39 is 5.97 Å². The number of nitrogens with two attached hydrogens (primary N) is 1. The van der Waals surface area contributed by atoms with E-state index in [1.165, 1.54) is 7.11 Å². The summed E-state index contributed by atoms with van der Waals surface area (Å²) in [7, 11) is 1.29. The number of hydrogen-bond acceptors (Lipinski definition) is 4. The van der Waals surface area contributed by atoms with Crippen LogP contribution in [0.5, 0.6) is 0 Å². The molecule has 1 heterocycles. The standard InChI is InChI=1S/C7H8BrNO3.ClH/c1-11-7(10)6-4(3-9)2-5(8)12-6;/h2H,3,9H2,1H3;1H. The molecule has 2 N–H and O–H groups in total. The second-order valence-corrected chi connectivity index (χ2v) is 2.88. The molecule has 0 amide bonds. The van der Waals surface area contributed by atoms with E-state index in [2.05, 4.69) is 20.7 Å². The first-order valence-corrected chi connectivity index (χ1v) is 4.05. The first kappa shape index (κ1) is 12.5. The van der Waals surface area contributed by atoms with Crippen LogP contribution in [-0.2, 0) is 11.3 Å². The normalized spacial score (nSPS) is 9.15. The van der Waals surface area contributed by atoms with Crippen molar-refractivity contribution >= 4 is 34.3 Å². The molecule has 0 radical (unpaired) electrons. The zero-order chi connectivity index (χ0) is 9.14. The van der Waals surface area contributed by atoms with Crippen LogP contribution in [0.3, 0.4) is 0 Å². The average Bonchev–Trinajstić information content (AvgIpc) is 2.45. The Labute approximate surface area is 90.0 Å². The van der Waals surface area contributed by atoms with Crippen molar-refractivity contribution in [3.8, 4) is 0 Å². The third kappa shape index (κ3) is 2.72. The van der Waals surface area contributed by atoms with Gasteiger partial charge in [0.15, 0.2) is 4.67 Å². The number of esters is 1. The molecule has 0 unspecified atom stereocenters. The quantitative estimate of drug-likeness (QED) is 0.831. The van der Waals surface area contributed by atoms with Crippen LogP contribution in [0.25, 0.3) is 0 Å². The molecule has 6 heteroatoms. The van der Waals surface area contributed by atoms with E-state index in [9.17, 15) is 4.79 Å². The largest absolute Gasteiger partial charge is 0.463 e. The van der Waals surface area contributed by atoms with Crippen molar-refractivity contribution < 1.29 is 13.9 Å². The third-order valence-electron chi connectivity index (χ3n) is 1.37. The van der Waals surface area contributed by atoms with Gasteiger partial charge in [-0.3, -0.25) is 0 Å². The fourth-order valence-corrected chi connectivity index (χ4v) is 1.25. The number of ether oxygens (including phenoxy) is 1. The lowest BCUT2D eigenvalue weighted by molar-refractivity contribution is 0.0562. The van der Waals surface area contributed by atoms with Crippen molar-refractivity contribution in [2.24, 2.45) is 5.73 Å². The molecule has 1 rings (SSSR count). The summed E-state index contributed by atoms with van der Waals surface area (Å²) in [4.78, 5) is 11.0. The summed E-state index contributed by atoms with van der Waals surface area (Å²) < 4.78 is 9.98. The molecule has 1 aromatic heterocycles. The Balaban J connectivity index is 0.00000144. The summed E-state index contributed by atoms with van der Waals surface area (Å²) in [5.74, 6) is -0.354. The summed E-state index contributed by atoms with van der Waals surface area (Å²) in [6, 6.07) is 1.65. The Bertz CT molecular complexity index is 300. The van der Waals surface area contributed by atoms with Gasteiger partial charge in [0.2, 0.25) is 5.76 Å². The van der Waals surface area contributed by atoms with Crippen LogP contribution in [0.4, 0.5) is 0 Å². The van der Waals surface area contributed by atoms with Crippen molar-refractivity contribution in [1.29, 1.82) is 0 Å². The first-order chi connectivity index (χ1) is 5.69. The van der Waals surface area contributed by atoms with Gasteiger partial charge in [-0.1, -0.05) is 0 Å². The molecule has 0 aliphatic carbocycles. The zero-order valence-corrected chi connectivity index (χ0v) is 9.28. The minimum Gasteiger partial charge on any atom is -0.463 e. The van der Waals surface area contributed by atoms with Gasteiger partial charge >= 0.3 is 5.97 Å². The summed E-state index contributed by atoms with van der Waals surface area (Å²) in [5, 5.41) is 0. The molecule has 0 saturated heterocycles. The second kappa shape index (κ2) is 5.26. The van der Waals surface area contributed by atoms with E-state index in [1.807, 2.05) is 0 Å². The Kier molecular flexibility index (Phi) is 5.05. The van der Waals surface area contributed by atoms with Crippen LogP contribution in [0, 0.1) is 0 Å². The predicted octanol–water partition coefficient (Wildman–Crippen LogP) is 1.71. The molecular formula is C7H9BrClNO3. The number of methoxy groups -OCH3 is 1. The first-order valence-electron chi connectivity index (χ1n) is 3.25. The predicted molar refractivity (Wildman–Crippen MR) is 52.9 cm³/mol. The van der Waals surface area contributed by atoms with E-state index in [4.69, 9.17) is 10.2 Å². The van der Waals surface area contributed by atoms with Gasteiger partial charge < -0.3 is 14.9 Å². The van der Waals surface area contributed by atoms with Crippen molar-refractivity contribution in [2.45, 2.75) is 6.54 Å². The smallest absolute Gasteiger partial charge is 0.374 e. The molecule has 0 aromatic carbocycles. The molecule has 0 spiro atoms. The van der Waals surface area contributed by atoms with E-state index in [0.29, 0.717) is 10.2 Å². The summed E-state index contributed by atoms with van der Waals surface area (Å²) >= 11 is 3.09. The van der Waals surface area contributed by atoms with E-state index in [0.717, 1.165) is 0 Å². The molecule has 13 heavy (non-hydrogen) atoms. The maximum atomic E-state index is 11.0. The number of rotatable bonds is 2. The summed E-state index contributed by atoms with van der Waals surface area (Å²) in [6.07, 6.45) is 0. The van der Waals surface area contributed by atoms with Gasteiger partial charge in [-0.25, -0.2) is 4.79 Å². The van der Waals surface area contributed by atoms with Crippen LogP contribution in [0.2, 0.25) is 0 Å². The molecule has 0 saturated carbocycles. The van der Waals surface area contributed by atoms with Crippen LogP contribution < -0.4 is 5.73 Å². The highest BCUT2D eigenvalue weighted by atomic mass is 79.9. The van der Waals surface area contributed by atoms with Gasteiger partial charge in [-0.05, 0) is 22.0 Å². The lowest BCUT2D eigenvalue weighted by atomic mass is 10.2. The lowest BCUT2D eigenvalue weighted by Gasteiger charge is -1.95. The van der Waals surface area contributed by atoms with Gasteiger partial charge in [0.25, 0.3) is 0 Å². The van der Waals surface area contributed by atoms with Gasteiger partial charge in [0.05, 0.1) is 7.11 Å². The topological polar surface area (TPSA) is 65.5 Å². The van der Waals surface area contributed by atoms with Gasteiger partial charge in [0.1, 0.15) is 0 Å². The number of carbonyl (C=O) groups is 1. The maximum Gasteiger partial charge on any atom is 0.374 e. The minimum atomic E-state index is -0.513. The average molecular weight is 271 g/mol. The fourth-order valence-electron chi connectivity index (χ4n) is 0.812. The molecule has 0 fully saturated rings. The summed E-state index contributed by atoms with van der Waals surface area (Å²) in [6.45, 7) is 0.250. The number of halogens is 2. The number of carbonyl (C=O) groups excluding carboxylic acids is 1. The van der Waals surface area contributed by atoms with Crippen molar-refractivity contribution in [2.75, 3.05) is 7.11 Å². The van der Waals surface area contributed by atoms with Crippen LogP contribution in [0.1, 0.15) is 16.1 Å². The Hall–Kier alpha value is -0.520. The third-order valence-corrected chi connectivity index (χ3v) is 1.76. The molecule has 0 aliphatic heterocycles. The van der Waals surface area contributed by atoms with E-state index in [1.54, 1.807) is 6.07 Å². The zero-order valence-electron chi connectivity index (χ0n) is 6.87. The number of hydrogen-bond donors (Lipinski definition) is 1. The van der Waals surface area contributed by atoms with Gasteiger partial charge in [0, 0.05) is 12.1 Å². The Morgan fingerprint density at radius 2 is 2.38 bits per heavy atom. The van der Waals surface area contributed by atoms with E-state index in [-0.39, 0.29) is 24.7 Å². The molecular weight excluding hydrogens is 261 g/mol. The van der Waals surface area contributed by atoms with E-state index >= 15 is 0 Å². The van der Waals surface area contributed by atoms with Crippen LogP contribution in [0.15, 0.2) is 15.2 Å². The number of furan rings is 1. The van der Waals surface area contributed by atoms with Crippen molar-refractivity contribution in [3.63, 3.8) is 0 Å². The molecule has 1 aromatic rings. The highest BCUT2D eigenvalue weighted by Gasteiger charge is 2.16. The van der Waals surface area contributed by atoms with Gasteiger partial charge in [-0.15, -0.1) is 12.4 Å². The molecule has 0 bridgehead atoms. The van der Waals surface area contributed by atoms with Crippen LogP contribution >= 0.6 is 28.3 Å². The molecule has 4 nitrogen and oxygen atoms in total. The highest BCUT2D eigenvalue weighted by molar-refractivity contribution is 9.10. The van der Waals surface area contributed by atoms with Crippen LogP contribution in [-0.4, -0.2) is 13.1 Å². The van der Waals surface area contributed by atoms with Crippen molar-refractivity contribution in [1.82, 2.24) is 0 Å². The second-order valence-electron chi connectivity index (χ2n) is 2.10. The molecule has 0 aliphatic rings. The summed E-state index contributed by atoms with van der Waals surface area (Å²) in [5.41, 5.74) is 6.00. The highest BCUT2D eigenvalue weighted by Crippen LogP contribution is 2.20. The Morgan fingerprint density at radius 1 is 1.77 bits per heavy atom. The molecule has 0 atom stereocenters.